The normalized spacial score (nSPS) is 26.8. The molecular weight excluding hydrogens is 661 g/mol. The van der Waals surface area contributed by atoms with E-state index in [1.165, 1.54) is 0 Å². The molecule has 3 aromatic carbocycles. The Morgan fingerprint density at radius 1 is 1.06 bits per heavy atom. The van der Waals surface area contributed by atoms with E-state index >= 15 is 4.11 Å². The first-order valence-corrected chi connectivity index (χ1v) is 20.6. The molecule has 0 saturated carbocycles. The van der Waals surface area contributed by atoms with Crippen molar-refractivity contribution >= 4 is 49.1 Å². The summed E-state index contributed by atoms with van der Waals surface area (Å²) in [4.78, 5) is 46.8. The summed E-state index contributed by atoms with van der Waals surface area (Å²) in [6.07, 6.45) is 1.92. The van der Waals surface area contributed by atoms with Crippen LogP contribution < -0.4 is 9.80 Å². The Kier molecular flexibility index (Phi) is 8.96. The largest absolute Gasteiger partial charge is 0.394 e. The number of halogens is 2. The van der Waals surface area contributed by atoms with E-state index in [1.807, 2.05) is 55.5 Å². The van der Waals surface area contributed by atoms with E-state index in [4.69, 9.17) is 16.3 Å². The second-order valence-corrected chi connectivity index (χ2v) is 18.8. The van der Waals surface area contributed by atoms with Crippen molar-refractivity contribution < 1.29 is 28.3 Å². The molecule has 0 aromatic heterocycles. The highest BCUT2D eigenvalue weighted by Crippen LogP contribution is 2.60. The Labute approximate surface area is 293 Å². The molecule has 49 heavy (non-hydrogen) atoms. The molecule has 0 aliphatic carbocycles. The number of amides is 3. The third-order valence-corrected chi connectivity index (χ3v) is 13.8. The summed E-state index contributed by atoms with van der Waals surface area (Å²) in [7, 11) is -3.52. The van der Waals surface area contributed by atoms with Crippen molar-refractivity contribution in [2.24, 2.45) is 5.92 Å². The Bertz CT molecular complexity index is 1800. The van der Waals surface area contributed by atoms with Gasteiger partial charge < -0.3 is 28.7 Å². The van der Waals surface area contributed by atoms with E-state index in [1.54, 1.807) is 46.0 Å². The highest BCUT2D eigenvalue weighted by molar-refractivity contribution is 6.72. The summed E-state index contributed by atoms with van der Waals surface area (Å²) in [5.74, 6) is -1.03. The Morgan fingerprint density at radius 3 is 2.57 bits per heavy atom. The average Bonchev–Trinajstić information content (AvgIpc) is 3.50. The lowest BCUT2D eigenvalue weighted by atomic mass is 9.82. The molecule has 3 aromatic rings. The van der Waals surface area contributed by atoms with E-state index in [0.717, 1.165) is 35.2 Å². The van der Waals surface area contributed by atoms with Gasteiger partial charge >= 0.3 is 0 Å². The minimum absolute atomic E-state index is 0.0940. The fraction of sp³-hybridized carbons (Fsp3) is 0.447. The summed E-state index contributed by atoms with van der Waals surface area (Å²) in [6, 6.07) is 20.5. The van der Waals surface area contributed by atoms with Crippen molar-refractivity contribution in [1.29, 1.82) is 0 Å². The van der Waals surface area contributed by atoms with E-state index in [2.05, 4.69) is 0 Å². The molecule has 4 aliphatic heterocycles. The number of hydrogen-bond donors (Lipinski definition) is 1. The van der Waals surface area contributed by atoms with Crippen LogP contribution in [0.4, 0.5) is 15.5 Å². The summed E-state index contributed by atoms with van der Waals surface area (Å²) >= 11 is 6.56. The fourth-order valence-corrected chi connectivity index (χ4v) is 11.5. The quantitative estimate of drug-likeness (QED) is 0.224. The first-order chi connectivity index (χ1) is 23.4. The molecule has 1 N–H and O–H groups in total. The van der Waals surface area contributed by atoms with E-state index in [-0.39, 0.29) is 37.3 Å². The SMILES string of the molecule is C[C@H]1[C@H]([Si](C)(C)F)[C@@H](CC(=O)N2Cc3ccccc3C[C@H]2CO)O[C@]12C(=O)N(Cc1cccc(N3CCCCC3=O)c1)c1ccc(Cl)cc12. The molecule has 3 amide bonds. The van der Waals surface area contributed by atoms with Crippen LogP contribution in [0.2, 0.25) is 23.7 Å². The van der Waals surface area contributed by atoms with Crippen LogP contribution in [0, 0.1) is 5.92 Å². The molecule has 1 spiro atoms. The molecule has 4 aliphatic rings. The van der Waals surface area contributed by atoms with Gasteiger partial charge in [0.1, 0.15) is 0 Å². The van der Waals surface area contributed by atoms with Crippen molar-refractivity contribution in [2.45, 2.75) is 88.5 Å². The predicted octanol–water partition coefficient (Wildman–Crippen LogP) is 6.51. The zero-order valence-electron chi connectivity index (χ0n) is 28.2. The maximum absolute atomic E-state index is 16.5. The van der Waals surface area contributed by atoms with Gasteiger partial charge in [-0.3, -0.25) is 14.4 Å². The van der Waals surface area contributed by atoms with Gasteiger partial charge in [0.15, 0.2) is 5.60 Å². The number of piperidine rings is 1. The number of carbonyl (C=O) groups excluding carboxylic acids is 3. The lowest BCUT2D eigenvalue weighted by molar-refractivity contribution is -0.151. The standard InChI is InChI=1S/C38H43ClFN3O5Si/c1-24-36(49(2,3)40)33(20-35(46)42-22-27-11-5-4-10-26(27)18-30(42)23-44)48-38(24)31-19-28(39)14-15-32(31)43(37(38)47)21-25-9-8-12-29(17-25)41-16-7-6-13-34(41)45/h4-5,8-12,14-15,17,19,24,30,33,36,44H,6-7,13,16,18,20-23H2,1-3H3/t24-,30-,33+,36-,38+/m0/s1. The number of anilines is 2. The first kappa shape index (κ1) is 33.9. The van der Waals surface area contributed by atoms with Gasteiger partial charge in [-0.25, -0.2) is 0 Å². The minimum atomic E-state index is -3.52. The lowest BCUT2D eigenvalue weighted by Crippen LogP contribution is -2.48. The molecule has 0 bridgehead atoms. The van der Waals surface area contributed by atoms with E-state index in [9.17, 15) is 19.5 Å². The molecule has 0 radical (unpaired) electrons. The smallest absolute Gasteiger partial charge is 0.264 e. The number of carbonyl (C=O) groups is 3. The second kappa shape index (κ2) is 13.0. The van der Waals surface area contributed by atoms with Crippen molar-refractivity contribution in [2.75, 3.05) is 23.0 Å². The number of aliphatic hydroxyl groups is 1. The molecule has 7 rings (SSSR count). The van der Waals surface area contributed by atoms with Crippen molar-refractivity contribution in [3.63, 3.8) is 0 Å². The lowest BCUT2D eigenvalue weighted by Gasteiger charge is -2.37. The molecular formula is C38H43ClFN3O5Si. The Morgan fingerprint density at radius 2 is 1.84 bits per heavy atom. The zero-order chi connectivity index (χ0) is 34.7. The van der Waals surface area contributed by atoms with Crippen LogP contribution in [0.15, 0.2) is 66.7 Å². The molecule has 8 nitrogen and oxygen atoms in total. The van der Waals surface area contributed by atoms with Gasteiger partial charge in [-0.2, -0.15) is 0 Å². The molecule has 4 heterocycles. The maximum Gasteiger partial charge on any atom is 0.264 e. The molecule has 0 unspecified atom stereocenters. The van der Waals surface area contributed by atoms with Gasteiger partial charge in [0.05, 0.1) is 37.4 Å². The number of hydrogen-bond acceptors (Lipinski definition) is 5. The monoisotopic (exact) mass is 703 g/mol. The zero-order valence-corrected chi connectivity index (χ0v) is 30.0. The first-order valence-electron chi connectivity index (χ1n) is 17.3. The van der Waals surface area contributed by atoms with E-state index < -0.39 is 37.6 Å². The number of ether oxygens (including phenoxy) is 1. The Hall–Kier alpha value is -3.57. The molecule has 2 saturated heterocycles. The van der Waals surface area contributed by atoms with Crippen LogP contribution in [-0.4, -0.2) is 61.4 Å². The van der Waals surface area contributed by atoms with Gasteiger partial charge in [0.25, 0.3) is 5.91 Å². The molecule has 2 fully saturated rings. The van der Waals surface area contributed by atoms with Crippen LogP contribution in [0.25, 0.3) is 0 Å². The minimum Gasteiger partial charge on any atom is -0.394 e. The van der Waals surface area contributed by atoms with Crippen LogP contribution in [0.1, 0.15) is 54.9 Å². The maximum atomic E-state index is 16.5. The highest BCUT2D eigenvalue weighted by Gasteiger charge is 2.67. The molecule has 5 atom stereocenters. The van der Waals surface area contributed by atoms with E-state index in [0.29, 0.717) is 42.2 Å². The number of aliphatic hydroxyl groups excluding tert-OH is 1. The van der Waals surface area contributed by atoms with Gasteiger partial charge in [-0.05, 0) is 79.4 Å². The van der Waals surface area contributed by atoms with Crippen LogP contribution in [0.3, 0.4) is 0 Å². The second-order valence-electron chi connectivity index (χ2n) is 14.5. The number of benzene rings is 3. The van der Waals surface area contributed by atoms with Gasteiger partial charge in [0, 0.05) is 47.2 Å². The molecule has 11 heteroatoms. The Balaban J connectivity index is 1.21. The summed E-state index contributed by atoms with van der Waals surface area (Å²) < 4.78 is 23.3. The number of fused-ring (bicyclic) bond motifs is 3. The topological polar surface area (TPSA) is 90.4 Å². The van der Waals surface area contributed by atoms with Gasteiger partial charge in [0.2, 0.25) is 20.2 Å². The van der Waals surface area contributed by atoms with Crippen LogP contribution in [0.5, 0.6) is 0 Å². The number of nitrogens with zero attached hydrogens (tertiary/aromatic N) is 3. The van der Waals surface area contributed by atoms with Crippen molar-refractivity contribution in [1.82, 2.24) is 4.90 Å². The predicted molar refractivity (Wildman–Crippen MR) is 190 cm³/mol. The van der Waals surface area contributed by atoms with Crippen LogP contribution >= 0.6 is 11.6 Å². The van der Waals surface area contributed by atoms with Crippen LogP contribution in [-0.2, 0) is 44.2 Å². The fourth-order valence-electron chi connectivity index (χ4n) is 8.79. The van der Waals surface area contributed by atoms with Gasteiger partial charge in [-0.15, -0.1) is 0 Å². The summed E-state index contributed by atoms with van der Waals surface area (Å²) in [5.41, 5.74) is 2.79. The van der Waals surface area contributed by atoms with Gasteiger partial charge in [-0.1, -0.05) is 54.9 Å². The summed E-state index contributed by atoms with van der Waals surface area (Å²) in [6.45, 7) is 6.14. The van der Waals surface area contributed by atoms with Crippen molar-refractivity contribution in [3.05, 3.63) is 94.0 Å². The third kappa shape index (κ3) is 5.90. The highest BCUT2D eigenvalue weighted by atomic mass is 35.5. The van der Waals surface area contributed by atoms with Crippen molar-refractivity contribution in [3.8, 4) is 0 Å². The number of rotatable bonds is 7. The average molecular weight is 704 g/mol. The summed E-state index contributed by atoms with van der Waals surface area (Å²) in [5, 5.41) is 10.7. The molecule has 258 valence electrons. The third-order valence-electron chi connectivity index (χ3n) is 11.1.